The summed E-state index contributed by atoms with van der Waals surface area (Å²) in [6.45, 7) is 2.15. The molecule has 0 spiro atoms. The van der Waals surface area contributed by atoms with Gasteiger partial charge in [0.2, 0.25) is 0 Å². The Labute approximate surface area is 116 Å². The van der Waals surface area contributed by atoms with E-state index in [9.17, 15) is 14.7 Å². The van der Waals surface area contributed by atoms with E-state index in [0.29, 0.717) is 5.92 Å². The van der Waals surface area contributed by atoms with Gasteiger partial charge in [0.1, 0.15) is 5.75 Å². The van der Waals surface area contributed by atoms with E-state index >= 15 is 0 Å². The molecule has 0 aliphatic heterocycles. The van der Waals surface area contributed by atoms with Crippen LogP contribution in [0, 0.1) is 5.92 Å². The molecule has 0 aromatic heterocycles. The van der Waals surface area contributed by atoms with Crippen LogP contribution in [-0.4, -0.2) is 28.3 Å². The highest BCUT2D eigenvalue weighted by molar-refractivity contribution is 5.93. The number of aromatic carboxylic acids is 1. The molecule has 1 aromatic rings. The van der Waals surface area contributed by atoms with E-state index < -0.39 is 5.97 Å². The van der Waals surface area contributed by atoms with Crippen molar-refractivity contribution in [2.75, 3.05) is 5.32 Å². The van der Waals surface area contributed by atoms with Gasteiger partial charge in [0, 0.05) is 6.04 Å². The molecule has 1 fully saturated rings. The quantitative estimate of drug-likeness (QED) is 0.638. The molecule has 108 valence electrons. The van der Waals surface area contributed by atoms with Gasteiger partial charge in [-0.25, -0.2) is 9.59 Å². The summed E-state index contributed by atoms with van der Waals surface area (Å²) in [7, 11) is 0. The van der Waals surface area contributed by atoms with Gasteiger partial charge in [-0.15, -0.1) is 0 Å². The molecule has 0 heterocycles. The Morgan fingerprint density at radius 2 is 2.05 bits per heavy atom. The lowest BCUT2D eigenvalue weighted by atomic mass is 10.1. The fourth-order valence-electron chi connectivity index (χ4n) is 2.45. The molecule has 2 atom stereocenters. The summed E-state index contributed by atoms with van der Waals surface area (Å²) in [5.41, 5.74) is 0.164. The predicted molar refractivity (Wildman–Crippen MR) is 74.0 cm³/mol. The van der Waals surface area contributed by atoms with Gasteiger partial charge in [0.25, 0.3) is 0 Å². The molecule has 4 N–H and O–H groups in total. The number of carboxylic acid groups (broad SMARTS) is 1. The van der Waals surface area contributed by atoms with Gasteiger partial charge >= 0.3 is 12.0 Å². The molecule has 2 amide bonds. The first-order valence-corrected chi connectivity index (χ1v) is 6.59. The second-order valence-corrected chi connectivity index (χ2v) is 5.25. The lowest BCUT2D eigenvalue weighted by molar-refractivity contribution is 0.0696. The molecule has 1 aromatic carbocycles. The number of amides is 2. The van der Waals surface area contributed by atoms with Crippen LogP contribution in [0.25, 0.3) is 0 Å². The van der Waals surface area contributed by atoms with Crippen LogP contribution in [0.1, 0.15) is 36.5 Å². The van der Waals surface area contributed by atoms with Crippen molar-refractivity contribution < 1.29 is 19.8 Å². The minimum Gasteiger partial charge on any atom is -0.506 e. The summed E-state index contributed by atoms with van der Waals surface area (Å²) < 4.78 is 0. The number of carbonyl (C=O) groups is 2. The number of phenolic OH excluding ortho intramolecular Hbond substituents is 1. The van der Waals surface area contributed by atoms with Crippen molar-refractivity contribution in [1.82, 2.24) is 5.32 Å². The second-order valence-electron chi connectivity index (χ2n) is 5.25. The van der Waals surface area contributed by atoms with E-state index in [-0.39, 0.29) is 29.1 Å². The summed E-state index contributed by atoms with van der Waals surface area (Å²) >= 11 is 0. The largest absolute Gasteiger partial charge is 0.506 e. The molecule has 2 rings (SSSR count). The van der Waals surface area contributed by atoms with E-state index in [0.717, 1.165) is 25.3 Å². The fourth-order valence-corrected chi connectivity index (χ4v) is 2.45. The Morgan fingerprint density at radius 3 is 2.60 bits per heavy atom. The highest BCUT2D eigenvalue weighted by Crippen LogP contribution is 2.26. The lowest BCUT2D eigenvalue weighted by Crippen LogP contribution is -2.36. The summed E-state index contributed by atoms with van der Waals surface area (Å²) in [4.78, 5) is 22.5. The first-order valence-electron chi connectivity index (χ1n) is 6.59. The van der Waals surface area contributed by atoms with Gasteiger partial charge in [-0.3, -0.25) is 0 Å². The van der Waals surface area contributed by atoms with Crippen molar-refractivity contribution in [2.24, 2.45) is 5.92 Å². The second kappa shape index (κ2) is 5.81. The number of aromatic hydroxyl groups is 1. The van der Waals surface area contributed by atoms with Crippen LogP contribution in [0.5, 0.6) is 5.75 Å². The predicted octanol–water partition coefficient (Wildman–Crippen LogP) is 2.40. The number of benzene rings is 1. The first kappa shape index (κ1) is 14.2. The Morgan fingerprint density at radius 1 is 1.30 bits per heavy atom. The number of hydrogen-bond acceptors (Lipinski definition) is 3. The smallest absolute Gasteiger partial charge is 0.335 e. The standard InChI is InChI=1S/C14H18N2O4/c1-8-2-4-10(6-8)15-14(20)16-11-5-3-9(13(18)19)7-12(11)17/h3,5,7-8,10,17H,2,4,6H2,1H3,(H,18,19)(H2,15,16,20). The summed E-state index contributed by atoms with van der Waals surface area (Å²) in [5, 5.41) is 23.8. The molecule has 0 bridgehead atoms. The molecular weight excluding hydrogens is 260 g/mol. The van der Waals surface area contributed by atoms with Crippen LogP contribution in [0.4, 0.5) is 10.5 Å². The number of anilines is 1. The molecule has 0 saturated heterocycles. The van der Waals surface area contributed by atoms with Crippen molar-refractivity contribution >= 4 is 17.7 Å². The van der Waals surface area contributed by atoms with Crippen LogP contribution in [0.3, 0.4) is 0 Å². The Balaban J connectivity index is 1.95. The third-order valence-electron chi connectivity index (χ3n) is 3.52. The third kappa shape index (κ3) is 3.40. The molecule has 6 heteroatoms. The van der Waals surface area contributed by atoms with Gasteiger partial charge in [-0.2, -0.15) is 0 Å². The summed E-state index contributed by atoms with van der Waals surface area (Å²) in [6, 6.07) is 3.58. The molecule has 2 unspecified atom stereocenters. The number of carbonyl (C=O) groups excluding carboxylic acids is 1. The van der Waals surface area contributed by atoms with Crippen molar-refractivity contribution in [2.45, 2.75) is 32.2 Å². The van der Waals surface area contributed by atoms with Gasteiger partial charge in [-0.05, 0) is 43.4 Å². The monoisotopic (exact) mass is 278 g/mol. The molecule has 6 nitrogen and oxygen atoms in total. The number of nitrogens with one attached hydrogen (secondary N) is 2. The summed E-state index contributed by atoms with van der Waals surface area (Å²) in [5.74, 6) is -0.778. The van der Waals surface area contributed by atoms with Crippen LogP contribution in [0.2, 0.25) is 0 Å². The van der Waals surface area contributed by atoms with E-state index in [1.54, 1.807) is 0 Å². The highest BCUT2D eigenvalue weighted by atomic mass is 16.4. The topological polar surface area (TPSA) is 98.7 Å². The third-order valence-corrected chi connectivity index (χ3v) is 3.52. The van der Waals surface area contributed by atoms with Gasteiger partial charge < -0.3 is 20.8 Å². The minimum absolute atomic E-state index is 0.0296. The van der Waals surface area contributed by atoms with Crippen molar-refractivity contribution in [3.05, 3.63) is 23.8 Å². The maximum Gasteiger partial charge on any atom is 0.335 e. The fraction of sp³-hybridized carbons (Fsp3) is 0.429. The molecule has 20 heavy (non-hydrogen) atoms. The number of hydrogen-bond donors (Lipinski definition) is 4. The van der Waals surface area contributed by atoms with Crippen LogP contribution >= 0.6 is 0 Å². The molecule has 1 aliphatic rings. The normalized spacial score (nSPS) is 21.4. The Hall–Kier alpha value is -2.24. The molecule has 1 aliphatic carbocycles. The average Bonchev–Trinajstić information content (AvgIpc) is 2.77. The van der Waals surface area contributed by atoms with Crippen molar-refractivity contribution in [3.63, 3.8) is 0 Å². The molecule has 0 radical (unpaired) electrons. The zero-order valence-corrected chi connectivity index (χ0v) is 11.2. The van der Waals surface area contributed by atoms with Crippen molar-refractivity contribution in [3.8, 4) is 5.75 Å². The van der Waals surface area contributed by atoms with Gasteiger partial charge in [0.15, 0.2) is 0 Å². The maximum atomic E-state index is 11.8. The van der Waals surface area contributed by atoms with Crippen LogP contribution in [0.15, 0.2) is 18.2 Å². The summed E-state index contributed by atoms with van der Waals surface area (Å²) in [6.07, 6.45) is 3.01. The molecule has 1 saturated carbocycles. The average molecular weight is 278 g/mol. The SMILES string of the molecule is CC1CCC(NC(=O)Nc2ccc(C(=O)O)cc2O)C1. The lowest BCUT2D eigenvalue weighted by Gasteiger charge is -2.14. The zero-order chi connectivity index (χ0) is 14.7. The van der Waals surface area contributed by atoms with Gasteiger partial charge in [-0.1, -0.05) is 6.92 Å². The van der Waals surface area contributed by atoms with Crippen LogP contribution in [-0.2, 0) is 0 Å². The number of urea groups is 1. The first-order chi connectivity index (χ1) is 9.45. The molecular formula is C14H18N2O4. The number of carboxylic acids is 1. The maximum absolute atomic E-state index is 11.8. The van der Waals surface area contributed by atoms with Crippen LogP contribution < -0.4 is 10.6 Å². The Kier molecular flexibility index (Phi) is 4.12. The van der Waals surface area contributed by atoms with E-state index in [2.05, 4.69) is 17.6 Å². The Bertz CT molecular complexity index is 530. The highest BCUT2D eigenvalue weighted by Gasteiger charge is 2.22. The van der Waals surface area contributed by atoms with Gasteiger partial charge in [0.05, 0.1) is 11.3 Å². The van der Waals surface area contributed by atoms with E-state index in [4.69, 9.17) is 5.11 Å². The van der Waals surface area contributed by atoms with E-state index in [1.165, 1.54) is 12.1 Å². The van der Waals surface area contributed by atoms with E-state index in [1.807, 2.05) is 0 Å². The minimum atomic E-state index is -1.13. The van der Waals surface area contributed by atoms with Crippen molar-refractivity contribution in [1.29, 1.82) is 0 Å². The number of phenols is 1. The number of rotatable bonds is 3. The zero-order valence-electron chi connectivity index (χ0n) is 11.2.